The van der Waals surface area contributed by atoms with E-state index in [0.29, 0.717) is 23.9 Å². The third-order valence-electron chi connectivity index (χ3n) is 4.15. The molecule has 0 aromatic carbocycles. The lowest BCUT2D eigenvalue weighted by atomic mass is 9.98. The summed E-state index contributed by atoms with van der Waals surface area (Å²) < 4.78 is 18.4. The number of anilines is 1. The van der Waals surface area contributed by atoms with Crippen LogP contribution in [0.1, 0.15) is 29.1 Å². The molecule has 1 N–H and O–H groups in total. The number of carbonyl (C=O) groups is 1. The molecule has 2 aromatic heterocycles. The van der Waals surface area contributed by atoms with Crippen LogP contribution >= 0.6 is 0 Å². The monoisotopic (exact) mass is 317 g/mol. The number of halogens is 1. The van der Waals surface area contributed by atoms with Crippen LogP contribution in [-0.4, -0.2) is 30.5 Å². The summed E-state index contributed by atoms with van der Waals surface area (Å²) in [4.78, 5) is 18.4. The molecule has 1 fully saturated rings. The Morgan fingerprint density at radius 2 is 2.35 bits per heavy atom. The van der Waals surface area contributed by atoms with Gasteiger partial charge in [-0.3, -0.25) is 4.79 Å². The standard InChI is InChI=1S/C17H20FN3O2/c1-12-14(18)6-7-16(20-12)21-8-2-4-13(11-21)10-19-17(22)15-5-3-9-23-15/h3,5-7,9,13H,2,4,8,10-11H2,1H3,(H,19,22)/t13-/m1/s1. The first-order valence-electron chi connectivity index (χ1n) is 7.83. The fourth-order valence-electron chi connectivity index (χ4n) is 2.88. The first-order valence-corrected chi connectivity index (χ1v) is 7.83. The Labute approximate surface area is 134 Å². The molecule has 0 radical (unpaired) electrons. The Bertz CT molecular complexity index is 672. The van der Waals surface area contributed by atoms with Crippen LogP contribution in [0, 0.1) is 18.7 Å². The van der Waals surface area contributed by atoms with E-state index in [2.05, 4.69) is 15.2 Å². The molecule has 1 aliphatic heterocycles. The van der Waals surface area contributed by atoms with Gasteiger partial charge >= 0.3 is 0 Å². The molecular weight excluding hydrogens is 297 g/mol. The molecule has 0 unspecified atom stereocenters. The summed E-state index contributed by atoms with van der Waals surface area (Å²) in [5.41, 5.74) is 0.413. The van der Waals surface area contributed by atoms with Crippen molar-refractivity contribution in [2.45, 2.75) is 19.8 Å². The van der Waals surface area contributed by atoms with Crippen LogP contribution in [-0.2, 0) is 0 Å². The maximum absolute atomic E-state index is 13.3. The first kappa shape index (κ1) is 15.5. The molecule has 1 amide bonds. The second-order valence-corrected chi connectivity index (χ2v) is 5.88. The fraction of sp³-hybridized carbons (Fsp3) is 0.412. The number of hydrogen-bond donors (Lipinski definition) is 1. The predicted octanol–water partition coefficient (Wildman–Crippen LogP) is 2.77. The fourth-order valence-corrected chi connectivity index (χ4v) is 2.88. The number of hydrogen-bond acceptors (Lipinski definition) is 4. The van der Waals surface area contributed by atoms with Gasteiger partial charge in [0.25, 0.3) is 5.91 Å². The Hall–Kier alpha value is -2.37. The molecular formula is C17H20FN3O2. The zero-order valence-electron chi connectivity index (χ0n) is 13.1. The van der Waals surface area contributed by atoms with E-state index in [-0.39, 0.29) is 11.7 Å². The van der Waals surface area contributed by atoms with E-state index in [9.17, 15) is 9.18 Å². The number of nitrogens with zero attached hydrogens (tertiary/aromatic N) is 2. The van der Waals surface area contributed by atoms with E-state index >= 15 is 0 Å². The molecule has 1 atom stereocenters. The summed E-state index contributed by atoms with van der Waals surface area (Å²) in [7, 11) is 0. The highest BCUT2D eigenvalue weighted by Gasteiger charge is 2.22. The average Bonchev–Trinajstić information content (AvgIpc) is 3.10. The molecule has 0 saturated carbocycles. The van der Waals surface area contributed by atoms with E-state index in [0.717, 1.165) is 31.7 Å². The number of aromatic nitrogens is 1. The van der Waals surface area contributed by atoms with Crippen molar-refractivity contribution in [2.24, 2.45) is 5.92 Å². The van der Waals surface area contributed by atoms with Gasteiger partial charge in [0.15, 0.2) is 5.76 Å². The topological polar surface area (TPSA) is 58.4 Å². The van der Waals surface area contributed by atoms with Crippen LogP contribution in [0.5, 0.6) is 0 Å². The van der Waals surface area contributed by atoms with Crippen LogP contribution in [0.25, 0.3) is 0 Å². The van der Waals surface area contributed by atoms with E-state index in [1.54, 1.807) is 25.1 Å². The van der Waals surface area contributed by atoms with Gasteiger partial charge < -0.3 is 14.6 Å². The van der Waals surface area contributed by atoms with Crippen molar-refractivity contribution in [3.63, 3.8) is 0 Å². The molecule has 23 heavy (non-hydrogen) atoms. The van der Waals surface area contributed by atoms with Crippen LogP contribution in [0.3, 0.4) is 0 Å². The number of furan rings is 1. The van der Waals surface area contributed by atoms with Crippen molar-refractivity contribution in [1.82, 2.24) is 10.3 Å². The highest BCUT2D eigenvalue weighted by Crippen LogP contribution is 2.22. The van der Waals surface area contributed by atoms with Crippen molar-refractivity contribution in [1.29, 1.82) is 0 Å². The van der Waals surface area contributed by atoms with Crippen LogP contribution in [0.2, 0.25) is 0 Å². The lowest BCUT2D eigenvalue weighted by Gasteiger charge is -2.33. The lowest BCUT2D eigenvalue weighted by Crippen LogP contribution is -2.41. The molecule has 2 aromatic rings. The van der Waals surface area contributed by atoms with Crippen LogP contribution in [0.15, 0.2) is 34.9 Å². The minimum atomic E-state index is -0.284. The third kappa shape index (κ3) is 3.70. The summed E-state index contributed by atoms with van der Waals surface area (Å²) in [6, 6.07) is 6.51. The molecule has 3 heterocycles. The van der Waals surface area contributed by atoms with Gasteiger partial charge in [0.05, 0.1) is 12.0 Å². The van der Waals surface area contributed by atoms with Crippen molar-refractivity contribution in [3.05, 3.63) is 47.8 Å². The van der Waals surface area contributed by atoms with E-state index in [4.69, 9.17) is 4.42 Å². The Balaban J connectivity index is 1.57. The van der Waals surface area contributed by atoms with Gasteiger partial charge in [-0.25, -0.2) is 9.37 Å². The summed E-state index contributed by atoms with van der Waals surface area (Å²) in [5.74, 6) is 0.991. The van der Waals surface area contributed by atoms with E-state index in [1.807, 2.05) is 0 Å². The zero-order valence-corrected chi connectivity index (χ0v) is 13.1. The van der Waals surface area contributed by atoms with Crippen molar-refractivity contribution in [3.8, 4) is 0 Å². The number of pyridine rings is 1. The maximum Gasteiger partial charge on any atom is 0.286 e. The maximum atomic E-state index is 13.3. The van der Waals surface area contributed by atoms with Crippen molar-refractivity contribution in [2.75, 3.05) is 24.5 Å². The molecule has 0 aliphatic carbocycles. The van der Waals surface area contributed by atoms with Crippen LogP contribution < -0.4 is 10.2 Å². The summed E-state index contributed by atoms with van der Waals surface area (Å²) in [5, 5.41) is 2.91. The normalized spacial score (nSPS) is 18.0. The van der Waals surface area contributed by atoms with E-state index in [1.165, 1.54) is 12.3 Å². The molecule has 6 heteroatoms. The Morgan fingerprint density at radius 1 is 1.48 bits per heavy atom. The Morgan fingerprint density at radius 3 is 3.09 bits per heavy atom. The highest BCUT2D eigenvalue weighted by molar-refractivity contribution is 5.91. The van der Waals surface area contributed by atoms with Crippen molar-refractivity contribution < 1.29 is 13.6 Å². The smallest absolute Gasteiger partial charge is 0.286 e. The Kier molecular flexibility index (Phi) is 4.60. The van der Waals surface area contributed by atoms with Gasteiger partial charge in [-0.15, -0.1) is 0 Å². The molecule has 0 spiro atoms. The SMILES string of the molecule is Cc1nc(N2CCC[C@H](CNC(=O)c3ccco3)C2)ccc1F. The number of nitrogens with one attached hydrogen (secondary N) is 1. The van der Waals surface area contributed by atoms with E-state index < -0.39 is 0 Å². The number of piperidine rings is 1. The first-order chi connectivity index (χ1) is 11.1. The average molecular weight is 317 g/mol. The number of rotatable bonds is 4. The second kappa shape index (κ2) is 6.81. The largest absolute Gasteiger partial charge is 0.459 e. The van der Waals surface area contributed by atoms with Gasteiger partial charge in [0.1, 0.15) is 11.6 Å². The molecule has 5 nitrogen and oxygen atoms in total. The zero-order chi connectivity index (χ0) is 16.2. The summed E-state index contributed by atoms with van der Waals surface area (Å²) >= 11 is 0. The van der Waals surface area contributed by atoms with Gasteiger partial charge in [-0.05, 0) is 49.9 Å². The van der Waals surface area contributed by atoms with Gasteiger partial charge in [0, 0.05) is 19.6 Å². The highest BCUT2D eigenvalue weighted by atomic mass is 19.1. The number of carbonyl (C=O) groups excluding carboxylic acids is 1. The minimum absolute atomic E-state index is 0.192. The third-order valence-corrected chi connectivity index (χ3v) is 4.15. The van der Waals surface area contributed by atoms with Crippen LogP contribution in [0.4, 0.5) is 10.2 Å². The molecule has 122 valence electrons. The van der Waals surface area contributed by atoms with Gasteiger partial charge in [-0.2, -0.15) is 0 Å². The van der Waals surface area contributed by atoms with Gasteiger partial charge in [-0.1, -0.05) is 0 Å². The molecule has 0 bridgehead atoms. The number of aryl methyl sites for hydroxylation is 1. The second-order valence-electron chi connectivity index (χ2n) is 5.88. The quantitative estimate of drug-likeness (QED) is 0.942. The summed E-state index contributed by atoms with van der Waals surface area (Å²) in [6.07, 6.45) is 3.56. The molecule has 1 saturated heterocycles. The number of amides is 1. The lowest BCUT2D eigenvalue weighted by molar-refractivity contribution is 0.0918. The predicted molar refractivity (Wildman–Crippen MR) is 84.9 cm³/mol. The summed E-state index contributed by atoms with van der Waals surface area (Å²) in [6.45, 7) is 3.97. The van der Waals surface area contributed by atoms with Gasteiger partial charge in [0.2, 0.25) is 0 Å². The molecule has 3 rings (SSSR count). The van der Waals surface area contributed by atoms with Crippen molar-refractivity contribution >= 4 is 11.7 Å². The minimum Gasteiger partial charge on any atom is -0.459 e. The molecule has 1 aliphatic rings.